The van der Waals surface area contributed by atoms with E-state index in [4.69, 9.17) is 4.42 Å². The van der Waals surface area contributed by atoms with Crippen LogP contribution in [-0.4, -0.2) is 31.8 Å². The van der Waals surface area contributed by atoms with Crippen molar-refractivity contribution in [3.8, 4) is 0 Å². The fraction of sp³-hybridized carbons (Fsp3) is 0.312. The molecule has 6 heteroatoms. The number of aldehydes is 1. The summed E-state index contributed by atoms with van der Waals surface area (Å²) < 4.78 is 5.18. The van der Waals surface area contributed by atoms with Crippen molar-refractivity contribution in [2.45, 2.75) is 13.8 Å². The Morgan fingerprint density at radius 2 is 2.14 bits per heavy atom. The van der Waals surface area contributed by atoms with Crippen LogP contribution in [0.5, 0.6) is 0 Å². The minimum atomic E-state index is -0.638. The van der Waals surface area contributed by atoms with Crippen LogP contribution in [0.1, 0.15) is 24.2 Å². The molecule has 1 N–H and O–H groups in total. The summed E-state index contributed by atoms with van der Waals surface area (Å²) in [5, 5.41) is 3.45. The summed E-state index contributed by atoms with van der Waals surface area (Å²) in [5.74, 6) is -0.0676. The van der Waals surface area contributed by atoms with E-state index in [0.717, 1.165) is 12.2 Å². The van der Waals surface area contributed by atoms with Crippen molar-refractivity contribution in [1.82, 2.24) is 5.32 Å². The molecule has 1 heterocycles. The first-order valence-corrected chi connectivity index (χ1v) is 7.07. The van der Waals surface area contributed by atoms with Gasteiger partial charge in [0.05, 0.1) is 0 Å². The zero-order chi connectivity index (χ0) is 16.1. The van der Waals surface area contributed by atoms with Gasteiger partial charge in [-0.15, -0.1) is 0 Å². The fourth-order valence-corrected chi connectivity index (χ4v) is 2.23. The van der Waals surface area contributed by atoms with Crippen molar-refractivity contribution in [3.63, 3.8) is 0 Å². The van der Waals surface area contributed by atoms with Gasteiger partial charge in [-0.05, 0) is 25.1 Å². The predicted octanol–water partition coefficient (Wildman–Crippen LogP) is 1.57. The molecule has 0 saturated heterocycles. The lowest BCUT2D eigenvalue weighted by Crippen LogP contribution is -2.33. The molecule has 22 heavy (non-hydrogen) atoms. The Bertz CT molecular complexity index is 751. The highest BCUT2D eigenvalue weighted by Gasteiger charge is 2.09. The molecule has 116 valence electrons. The Morgan fingerprint density at radius 3 is 2.77 bits per heavy atom. The molecule has 0 aliphatic rings. The normalized spacial score (nSPS) is 10.5. The Hall–Kier alpha value is -2.63. The van der Waals surface area contributed by atoms with Crippen molar-refractivity contribution >= 4 is 28.8 Å². The molecule has 2 aromatic rings. The van der Waals surface area contributed by atoms with Crippen molar-refractivity contribution in [1.29, 1.82) is 0 Å². The predicted molar refractivity (Wildman–Crippen MR) is 84.4 cm³/mol. The van der Waals surface area contributed by atoms with Crippen LogP contribution in [0.3, 0.4) is 0 Å². The maximum absolute atomic E-state index is 11.6. The molecule has 1 amide bonds. The standard InChI is InChI=1S/C16H18N2O4/c1-3-18(7-6-17-11(2)20)14-5-4-12-8-13(10-19)16(21)22-15(12)9-14/h4-5,8-10H,3,6-7H2,1-2H3,(H,17,20). The fourth-order valence-electron chi connectivity index (χ4n) is 2.23. The number of nitrogens with zero attached hydrogens (tertiary/aromatic N) is 1. The van der Waals surface area contributed by atoms with Crippen LogP contribution >= 0.6 is 0 Å². The third kappa shape index (κ3) is 3.52. The molecule has 0 aliphatic heterocycles. The second kappa shape index (κ2) is 6.89. The summed E-state index contributed by atoms with van der Waals surface area (Å²) in [6.45, 7) is 5.42. The second-order valence-electron chi connectivity index (χ2n) is 4.89. The van der Waals surface area contributed by atoms with Gasteiger partial charge in [0.15, 0.2) is 6.29 Å². The minimum absolute atomic E-state index is 0.0123. The number of amides is 1. The summed E-state index contributed by atoms with van der Waals surface area (Å²) >= 11 is 0. The maximum Gasteiger partial charge on any atom is 0.346 e. The molecule has 0 spiro atoms. The van der Waals surface area contributed by atoms with E-state index >= 15 is 0 Å². The van der Waals surface area contributed by atoms with Crippen LogP contribution < -0.4 is 15.8 Å². The first-order chi connectivity index (χ1) is 10.5. The highest BCUT2D eigenvalue weighted by molar-refractivity contribution is 5.86. The lowest BCUT2D eigenvalue weighted by molar-refractivity contribution is -0.118. The van der Waals surface area contributed by atoms with E-state index in [1.165, 1.54) is 13.0 Å². The molecule has 1 aromatic carbocycles. The number of anilines is 1. The summed E-state index contributed by atoms with van der Waals surface area (Å²) in [6, 6.07) is 6.99. The molecule has 2 rings (SSSR count). The molecular weight excluding hydrogens is 284 g/mol. The monoisotopic (exact) mass is 302 g/mol. The number of carbonyl (C=O) groups is 2. The van der Waals surface area contributed by atoms with Crippen LogP contribution in [0.4, 0.5) is 5.69 Å². The van der Waals surface area contributed by atoms with E-state index in [2.05, 4.69) is 10.2 Å². The van der Waals surface area contributed by atoms with Gasteiger partial charge in [-0.3, -0.25) is 9.59 Å². The van der Waals surface area contributed by atoms with Gasteiger partial charge in [0, 0.05) is 43.7 Å². The van der Waals surface area contributed by atoms with Crippen LogP contribution in [-0.2, 0) is 4.79 Å². The lowest BCUT2D eigenvalue weighted by Gasteiger charge is -2.23. The van der Waals surface area contributed by atoms with Crippen molar-refractivity contribution in [2.75, 3.05) is 24.5 Å². The number of hydrogen-bond donors (Lipinski definition) is 1. The second-order valence-corrected chi connectivity index (χ2v) is 4.89. The highest BCUT2D eigenvalue weighted by Crippen LogP contribution is 2.21. The van der Waals surface area contributed by atoms with Crippen LogP contribution in [0, 0.1) is 0 Å². The molecule has 0 unspecified atom stereocenters. The van der Waals surface area contributed by atoms with E-state index < -0.39 is 5.63 Å². The lowest BCUT2D eigenvalue weighted by atomic mass is 10.1. The molecule has 0 fully saturated rings. The largest absolute Gasteiger partial charge is 0.422 e. The molecule has 0 aliphatic carbocycles. The van der Waals surface area contributed by atoms with Gasteiger partial charge in [-0.2, -0.15) is 0 Å². The van der Waals surface area contributed by atoms with Gasteiger partial charge < -0.3 is 14.6 Å². The quantitative estimate of drug-likeness (QED) is 0.647. The zero-order valence-corrected chi connectivity index (χ0v) is 12.6. The van der Waals surface area contributed by atoms with Gasteiger partial charge in [0.25, 0.3) is 0 Å². The van der Waals surface area contributed by atoms with Crippen LogP contribution in [0.15, 0.2) is 33.5 Å². The third-order valence-electron chi connectivity index (χ3n) is 3.38. The van der Waals surface area contributed by atoms with Crippen molar-refractivity contribution < 1.29 is 14.0 Å². The van der Waals surface area contributed by atoms with Crippen LogP contribution in [0.25, 0.3) is 11.0 Å². The van der Waals surface area contributed by atoms with Gasteiger partial charge in [-0.1, -0.05) is 0 Å². The maximum atomic E-state index is 11.6. The summed E-state index contributed by atoms with van der Waals surface area (Å²) in [5.41, 5.74) is 0.702. The molecule has 1 aromatic heterocycles. The molecule has 0 bridgehead atoms. The van der Waals surface area contributed by atoms with Gasteiger partial charge in [-0.25, -0.2) is 4.79 Å². The first kappa shape index (κ1) is 15.8. The Balaban J connectivity index is 2.28. The SMILES string of the molecule is CCN(CCNC(C)=O)c1ccc2cc(C=O)c(=O)oc2c1. The zero-order valence-electron chi connectivity index (χ0n) is 12.6. The van der Waals surface area contributed by atoms with E-state index in [1.807, 2.05) is 19.1 Å². The van der Waals surface area contributed by atoms with Gasteiger partial charge in [0.2, 0.25) is 5.91 Å². The Morgan fingerprint density at radius 1 is 1.36 bits per heavy atom. The number of nitrogens with one attached hydrogen (secondary N) is 1. The van der Waals surface area contributed by atoms with Crippen molar-refractivity contribution in [2.24, 2.45) is 0 Å². The minimum Gasteiger partial charge on any atom is -0.422 e. The van der Waals surface area contributed by atoms with E-state index in [-0.39, 0.29) is 11.5 Å². The van der Waals surface area contributed by atoms with Crippen molar-refractivity contribution in [3.05, 3.63) is 40.2 Å². The molecule has 6 nitrogen and oxygen atoms in total. The molecule has 0 atom stereocenters. The number of fused-ring (bicyclic) bond motifs is 1. The third-order valence-corrected chi connectivity index (χ3v) is 3.38. The number of benzene rings is 1. The van der Waals surface area contributed by atoms with Gasteiger partial charge >= 0.3 is 5.63 Å². The van der Waals surface area contributed by atoms with E-state index in [9.17, 15) is 14.4 Å². The topological polar surface area (TPSA) is 79.6 Å². The van der Waals surface area contributed by atoms with Gasteiger partial charge in [0.1, 0.15) is 11.1 Å². The molecule has 0 saturated carbocycles. The van der Waals surface area contributed by atoms with Crippen LogP contribution in [0.2, 0.25) is 0 Å². The summed E-state index contributed by atoms with van der Waals surface area (Å²) in [7, 11) is 0. The molecule has 0 radical (unpaired) electrons. The first-order valence-electron chi connectivity index (χ1n) is 7.07. The average Bonchev–Trinajstić information content (AvgIpc) is 2.50. The highest BCUT2D eigenvalue weighted by atomic mass is 16.4. The summed E-state index contributed by atoms with van der Waals surface area (Å²) in [4.78, 5) is 35.3. The average molecular weight is 302 g/mol. The number of likely N-dealkylation sites (N-methyl/N-ethyl adjacent to an activating group) is 1. The van der Waals surface area contributed by atoms with E-state index in [0.29, 0.717) is 30.3 Å². The van der Waals surface area contributed by atoms with E-state index in [1.54, 1.807) is 6.07 Å². The summed E-state index contributed by atoms with van der Waals surface area (Å²) in [6.07, 6.45) is 0.491. The number of hydrogen-bond acceptors (Lipinski definition) is 5. The number of rotatable bonds is 6. The molecular formula is C16H18N2O4. The smallest absolute Gasteiger partial charge is 0.346 e. The Kier molecular flexibility index (Phi) is 4.93. The Labute approximate surface area is 127 Å². The number of carbonyl (C=O) groups excluding carboxylic acids is 2.